The fourth-order valence-electron chi connectivity index (χ4n) is 3.55. The number of pyridine rings is 1. The van der Waals surface area contributed by atoms with Crippen molar-refractivity contribution in [3.63, 3.8) is 0 Å². The highest BCUT2D eigenvalue weighted by molar-refractivity contribution is 5.85. The Morgan fingerprint density at radius 1 is 1.07 bits per heavy atom. The van der Waals surface area contributed by atoms with Gasteiger partial charge < -0.3 is 15.5 Å². The smallest absolute Gasteiger partial charge is 0.231 e. The number of nitrogens with one attached hydrogen (secondary N) is 1. The fourth-order valence-corrected chi connectivity index (χ4v) is 3.55. The Bertz CT molecular complexity index is 1070. The summed E-state index contributed by atoms with van der Waals surface area (Å²) in [5.41, 5.74) is 10.3. The van der Waals surface area contributed by atoms with Gasteiger partial charge >= 0.3 is 0 Å². The van der Waals surface area contributed by atoms with Crippen molar-refractivity contribution in [1.82, 2.24) is 25.1 Å². The number of piperidine rings is 1. The molecular weight excluding hydrogens is 411 g/mol. The molecule has 1 aromatic carbocycles. The van der Waals surface area contributed by atoms with E-state index in [1.54, 1.807) is 6.20 Å². The molecule has 0 radical (unpaired) electrons. The zero-order valence-corrected chi connectivity index (χ0v) is 17.2. The van der Waals surface area contributed by atoms with Crippen LogP contribution < -0.4 is 11.1 Å². The minimum Gasteiger partial charge on any atom is -0.436 e. The first-order chi connectivity index (χ1) is 13.3. The molecule has 152 valence electrons. The van der Waals surface area contributed by atoms with Gasteiger partial charge in [-0.05, 0) is 44.1 Å². The first-order valence-electron chi connectivity index (χ1n) is 9.14. The predicted molar refractivity (Wildman–Crippen MR) is 119 cm³/mol. The average molecular weight is 433 g/mol. The molecule has 0 atom stereocenters. The second-order valence-corrected chi connectivity index (χ2v) is 6.83. The maximum atomic E-state index is 6.10. The summed E-state index contributed by atoms with van der Waals surface area (Å²) in [7, 11) is 0. The Kier molecular flexibility index (Phi) is 6.42. The van der Waals surface area contributed by atoms with Gasteiger partial charge in [0.15, 0.2) is 5.58 Å². The zero-order chi connectivity index (χ0) is 18.2. The van der Waals surface area contributed by atoms with Crippen LogP contribution in [0.15, 0.2) is 53.3 Å². The van der Waals surface area contributed by atoms with Crippen LogP contribution in [0.1, 0.15) is 18.9 Å². The van der Waals surface area contributed by atoms with Crippen LogP contribution in [-0.2, 0) is 0 Å². The third-order valence-electron chi connectivity index (χ3n) is 5.06. The monoisotopic (exact) mass is 432 g/mol. The average Bonchev–Trinajstić information content (AvgIpc) is 3.36. The Morgan fingerprint density at radius 3 is 2.66 bits per heavy atom. The van der Waals surface area contributed by atoms with Crippen molar-refractivity contribution in [2.75, 3.05) is 18.8 Å². The molecule has 29 heavy (non-hydrogen) atoms. The van der Waals surface area contributed by atoms with Crippen molar-refractivity contribution >= 4 is 41.7 Å². The number of aromatic nitrogens is 4. The fraction of sp³-hybridized carbons (Fsp3) is 0.250. The normalized spacial score (nSPS) is 14.3. The summed E-state index contributed by atoms with van der Waals surface area (Å²) < 4.78 is 7.93. The van der Waals surface area contributed by atoms with Crippen molar-refractivity contribution in [3.8, 4) is 22.6 Å². The van der Waals surface area contributed by atoms with Crippen LogP contribution in [0.2, 0.25) is 0 Å². The number of nitrogen functional groups attached to an aromatic ring is 1. The molecule has 0 spiro atoms. The van der Waals surface area contributed by atoms with E-state index >= 15 is 0 Å². The van der Waals surface area contributed by atoms with Crippen molar-refractivity contribution in [2.24, 2.45) is 0 Å². The van der Waals surface area contributed by atoms with E-state index in [1.807, 2.05) is 36.5 Å². The second kappa shape index (κ2) is 8.82. The molecule has 5 rings (SSSR count). The number of oxazole rings is 1. The van der Waals surface area contributed by atoms with Crippen molar-refractivity contribution in [1.29, 1.82) is 0 Å². The summed E-state index contributed by atoms with van der Waals surface area (Å²) in [6, 6.07) is 10.1. The van der Waals surface area contributed by atoms with E-state index in [1.165, 1.54) is 0 Å². The van der Waals surface area contributed by atoms with E-state index in [0.29, 0.717) is 23.3 Å². The number of hydrogen-bond donors (Lipinski definition) is 2. The number of nitrogens with zero attached hydrogens (tertiary/aromatic N) is 4. The van der Waals surface area contributed by atoms with Gasteiger partial charge in [0.05, 0.1) is 17.8 Å². The van der Waals surface area contributed by atoms with Crippen LogP contribution in [0, 0.1) is 0 Å². The molecule has 0 aliphatic carbocycles. The van der Waals surface area contributed by atoms with E-state index in [9.17, 15) is 0 Å². The van der Waals surface area contributed by atoms with Crippen LogP contribution in [-0.4, -0.2) is 32.8 Å². The second-order valence-electron chi connectivity index (χ2n) is 6.83. The molecule has 1 fully saturated rings. The molecule has 3 N–H and O–H groups in total. The molecule has 0 unspecified atom stereocenters. The third kappa shape index (κ3) is 4.07. The van der Waals surface area contributed by atoms with Gasteiger partial charge in [0, 0.05) is 23.5 Å². The lowest BCUT2D eigenvalue weighted by Crippen LogP contribution is -2.29. The quantitative estimate of drug-likeness (QED) is 0.505. The molecule has 3 aromatic heterocycles. The largest absolute Gasteiger partial charge is 0.436 e. The minimum absolute atomic E-state index is 0. The number of benzene rings is 1. The first kappa shape index (κ1) is 21.1. The van der Waals surface area contributed by atoms with Crippen LogP contribution in [0.4, 0.5) is 5.82 Å². The summed E-state index contributed by atoms with van der Waals surface area (Å²) >= 11 is 0. The Hall–Kier alpha value is -2.61. The number of hydrogen-bond acceptors (Lipinski definition) is 6. The SMILES string of the molecule is Cl.Cl.Nc1ncc(-c2cnn(C3CCNCC3)c2)cc1-c1nc2ccccc2o1. The van der Waals surface area contributed by atoms with E-state index in [0.717, 1.165) is 48.2 Å². The zero-order valence-electron chi connectivity index (χ0n) is 15.6. The molecule has 4 heterocycles. The van der Waals surface area contributed by atoms with Gasteiger partial charge in [0.25, 0.3) is 0 Å². The Labute approximate surface area is 180 Å². The molecule has 0 amide bonds. The Balaban J connectivity index is 0.00000120. The highest BCUT2D eigenvalue weighted by Gasteiger charge is 2.17. The maximum absolute atomic E-state index is 6.10. The third-order valence-corrected chi connectivity index (χ3v) is 5.06. The summed E-state index contributed by atoms with van der Waals surface area (Å²) in [5, 5.41) is 7.95. The number of fused-ring (bicyclic) bond motifs is 1. The molecule has 0 saturated carbocycles. The molecule has 1 aliphatic heterocycles. The van der Waals surface area contributed by atoms with Gasteiger partial charge in [-0.1, -0.05) is 12.1 Å². The van der Waals surface area contributed by atoms with Gasteiger partial charge in [-0.2, -0.15) is 5.10 Å². The molecule has 0 bridgehead atoms. The molecule has 4 aromatic rings. The maximum Gasteiger partial charge on any atom is 0.231 e. The molecule has 7 nitrogen and oxygen atoms in total. The van der Waals surface area contributed by atoms with Gasteiger partial charge in [-0.3, -0.25) is 4.68 Å². The summed E-state index contributed by atoms with van der Waals surface area (Å²) in [4.78, 5) is 8.90. The number of para-hydroxylation sites is 2. The molecule has 1 aliphatic rings. The minimum atomic E-state index is 0. The highest BCUT2D eigenvalue weighted by atomic mass is 35.5. The number of nitrogens with two attached hydrogens (primary N) is 1. The highest BCUT2D eigenvalue weighted by Crippen LogP contribution is 2.31. The number of rotatable bonds is 3. The summed E-state index contributed by atoms with van der Waals surface area (Å²) in [5.74, 6) is 0.879. The van der Waals surface area contributed by atoms with Gasteiger partial charge in [-0.25, -0.2) is 9.97 Å². The van der Waals surface area contributed by atoms with Crippen LogP contribution in [0.3, 0.4) is 0 Å². The van der Waals surface area contributed by atoms with Crippen LogP contribution >= 0.6 is 24.8 Å². The first-order valence-corrected chi connectivity index (χ1v) is 9.14. The van der Waals surface area contributed by atoms with E-state index in [2.05, 4.69) is 31.3 Å². The molecular formula is C20H22Cl2N6O. The number of halogens is 2. The van der Waals surface area contributed by atoms with Gasteiger partial charge in [0.1, 0.15) is 11.3 Å². The lowest BCUT2D eigenvalue weighted by Gasteiger charge is -2.22. The van der Waals surface area contributed by atoms with E-state index < -0.39 is 0 Å². The van der Waals surface area contributed by atoms with Crippen LogP contribution in [0.25, 0.3) is 33.7 Å². The standard InChI is InChI=1S/C20H20N6O.2ClH/c21-19-16(20-25-17-3-1-2-4-18(17)27-20)9-13(10-23-19)14-11-24-26(12-14)15-5-7-22-8-6-15;;/h1-4,9-12,15,22H,5-8H2,(H2,21,23);2*1H. The van der Waals surface area contributed by atoms with E-state index in [4.69, 9.17) is 10.2 Å². The summed E-state index contributed by atoms with van der Waals surface area (Å²) in [6.45, 7) is 2.07. The molecule has 9 heteroatoms. The molecule has 1 saturated heterocycles. The number of anilines is 1. The topological polar surface area (TPSA) is 94.8 Å². The van der Waals surface area contributed by atoms with Crippen molar-refractivity contribution in [3.05, 3.63) is 48.9 Å². The van der Waals surface area contributed by atoms with E-state index in [-0.39, 0.29) is 24.8 Å². The summed E-state index contributed by atoms with van der Waals surface area (Å²) in [6.07, 6.45) is 7.92. The van der Waals surface area contributed by atoms with Crippen LogP contribution in [0.5, 0.6) is 0 Å². The van der Waals surface area contributed by atoms with Crippen molar-refractivity contribution in [2.45, 2.75) is 18.9 Å². The lowest BCUT2D eigenvalue weighted by atomic mass is 10.1. The Morgan fingerprint density at radius 2 is 1.86 bits per heavy atom. The lowest BCUT2D eigenvalue weighted by molar-refractivity contribution is 0.343. The predicted octanol–water partition coefficient (Wildman–Crippen LogP) is 4.10. The van der Waals surface area contributed by atoms with Gasteiger partial charge in [-0.15, -0.1) is 24.8 Å². The van der Waals surface area contributed by atoms with Crippen molar-refractivity contribution < 1.29 is 4.42 Å². The van der Waals surface area contributed by atoms with Gasteiger partial charge in [0.2, 0.25) is 5.89 Å².